The Morgan fingerprint density at radius 2 is 2.00 bits per heavy atom. The predicted octanol–water partition coefficient (Wildman–Crippen LogP) is 3.29. The minimum atomic E-state index is 0.542. The van der Waals surface area contributed by atoms with Crippen LogP contribution in [0.25, 0.3) is 10.8 Å². The Balaban J connectivity index is 2.09. The van der Waals surface area contributed by atoms with Gasteiger partial charge in [0.2, 0.25) is 0 Å². The minimum absolute atomic E-state index is 0.542. The third-order valence-corrected chi connectivity index (χ3v) is 4.40. The zero-order chi connectivity index (χ0) is 14.7. The molecule has 21 heavy (non-hydrogen) atoms. The Hall–Kier alpha value is -2.05. The number of likely N-dealkylation sites (N-methyl/N-ethyl adjacent to an activating group) is 1. The van der Waals surface area contributed by atoms with Crippen LogP contribution >= 0.6 is 0 Å². The molecule has 0 amide bonds. The number of hydrogen-bond acceptors (Lipinski definition) is 3. The average molecular weight is 279 g/mol. The molecular formula is C18H21N3. The first-order valence-electron chi connectivity index (χ1n) is 7.68. The number of piperidine rings is 1. The van der Waals surface area contributed by atoms with Gasteiger partial charge in [0, 0.05) is 35.6 Å². The fourth-order valence-electron chi connectivity index (χ4n) is 3.40. The summed E-state index contributed by atoms with van der Waals surface area (Å²) in [5, 5.41) is 14.9. The van der Waals surface area contributed by atoms with E-state index < -0.39 is 0 Å². The van der Waals surface area contributed by atoms with Crippen molar-refractivity contribution in [3.63, 3.8) is 0 Å². The van der Waals surface area contributed by atoms with Crippen molar-refractivity contribution >= 4 is 16.5 Å². The van der Waals surface area contributed by atoms with E-state index >= 15 is 0 Å². The lowest BCUT2D eigenvalue weighted by Crippen LogP contribution is -2.45. The molecule has 0 aliphatic carbocycles. The molecule has 3 heteroatoms. The molecule has 0 radical (unpaired) electrons. The van der Waals surface area contributed by atoms with Crippen LogP contribution in [0.3, 0.4) is 0 Å². The van der Waals surface area contributed by atoms with Gasteiger partial charge in [0.1, 0.15) is 0 Å². The first-order chi connectivity index (χ1) is 10.3. The molecule has 1 atom stereocenters. The Morgan fingerprint density at radius 1 is 1.19 bits per heavy atom. The van der Waals surface area contributed by atoms with Crippen molar-refractivity contribution in [2.45, 2.75) is 25.3 Å². The second-order valence-electron chi connectivity index (χ2n) is 5.69. The van der Waals surface area contributed by atoms with E-state index in [1.807, 2.05) is 19.2 Å². The highest BCUT2D eigenvalue weighted by Crippen LogP contribution is 2.33. The highest BCUT2D eigenvalue weighted by Gasteiger charge is 2.23. The van der Waals surface area contributed by atoms with Crippen molar-refractivity contribution in [3.8, 4) is 6.07 Å². The molecular weight excluding hydrogens is 258 g/mol. The van der Waals surface area contributed by atoms with Gasteiger partial charge in [-0.1, -0.05) is 24.3 Å². The number of nitrogens with zero attached hydrogens (tertiary/aromatic N) is 2. The fourth-order valence-corrected chi connectivity index (χ4v) is 3.40. The van der Waals surface area contributed by atoms with Crippen molar-refractivity contribution in [1.29, 1.82) is 5.26 Å². The fraction of sp³-hybridized carbons (Fsp3) is 0.389. The molecule has 3 rings (SSSR count). The van der Waals surface area contributed by atoms with Crippen LogP contribution in [0.5, 0.6) is 0 Å². The summed E-state index contributed by atoms with van der Waals surface area (Å²) in [4.78, 5) is 2.52. The standard InChI is InChI=1S/C18H21N3/c1-20-13-15-6-4-5-11-21(15)18-10-9-14(12-19)16-7-2-3-8-17(16)18/h2-3,7-10,15,20H,4-6,11,13H2,1H3. The second kappa shape index (κ2) is 6.15. The van der Waals surface area contributed by atoms with Gasteiger partial charge < -0.3 is 10.2 Å². The topological polar surface area (TPSA) is 39.1 Å². The molecule has 1 N–H and O–H groups in total. The van der Waals surface area contributed by atoms with E-state index in [9.17, 15) is 5.26 Å². The summed E-state index contributed by atoms with van der Waals surface area (Å²) < 4.78 is 0. The predicted molar refractivity (Wildman–Crippen MR) is 87.6 cm³/mol. The molecule has 2 aromatic carbocycles. The third kappa shape index (κ3) is 2.59. The number of nitriles is 1. The van der Waals surface area contributed by atoms with E-state index in [4.69, 9.17) is 0 Å². The van der Waals surface area contributed by atoms with E-state index in [0.717, 1.165) is 24.0 Å². The molecule has 1 aliphatic heterocycles. The highest BCUT2D eigenvalue weighted by atomic mass is 15.2. The van der Waals surface area contributed by atoms with Crippen LogP contribution in [0.4, 0.5) is 5.69 Å². The summed E-state index contributed by atoms with van der Waals surface area (Å²) in [5.74, 6) is 0. The number of rotatable bonds is 3. The first kappa shape index (κ1) is 13.9. The lowest BCUT2D eigenvalue weighted by atomic mass is 9.97. The smallest absolute Gasteiger partial charge is 0.0998 e. The van der Waals surface area contributed by atoms with E-state index in [1.54, 1.807) is 0 Å². The third-order valence-electron chi connectivity index (χ3n) is 4.40. The van der Waals surface area contributed by atoms with Gasteiger partial charge in [0.25, 0.3) is 0 Å². The molecule has 0 aromatic heterocycles. The van der Waals surface area contributed by atoms with Gasteiger partial charge in [0.05, 0.1) is 11.6 Å². The molecule has 2 aromatic rings. The molecule has 1 aliphatic rings. The van der Waals surface area contributed by atoms with Crippen molar-refractivity contribution in [3.05, 3.63) is 42.0 Å². The molecule has 0 spiro atoms. The SMILES string of the molecule is CNCC1CCCCN1c1ccc(C#N)c2ccccc12. The van der Waals surface area contributed by atoms with Gasteiger partial charge in [-0.3, -0.25) is 0 Å². The van der Waals surface area contributed by atoms with Gasteiger partial charge >= 0.3 is 0 Å². The van der Waals surface area contributed by atoms with Crippen LogP contribution in [-0.4, -0.2) is 26.2 Å². The van der Waals surface area contributed by atoms with E-state index in [0.29, 0.717) is 6.04 Å². The number of nitrogens with one attached hydrogen (secondary N) is 1. The number of anilines is 1. The Bertz CT molecular complexity index is 670. The maximum atomic E-state index is 9.30. The maximum absolute atomic E-state index is 9.30. The first-order valence-corrected chi connectivity index (χ1v) is 7.68. The Morgan fingerprint density at radius 3 is 2.76 bits per heavy atom. The largest absolute Gasteiger partial charge is 0.367 e. The normalized spacial score (nSPS) is 18.7. The Labute approximate surface area is 126 Å². The van der Waals surface area contributed by atoms with Crippen LogP contribution in [0.1, 0.15) is 24.8 Å². The summed E-state index contributed by atoms with van der Waals surface area (Å²) in [6.45, 7) is 2.11. The van der Waals surface area contributed by atoms with Crippen LogP contribution in [-0.2, 0) is 0 Å². The van der Waals surface area contributed by atoms with Gasteiger partial charge in [-0.2, -0.15) is 5.26 Å². The molecule has 3 nitrogen and oxygen atoms in total. The molecule has 0 bridgehead atoms. The zero-order valence-corrected chi connectivity index (χ0v) is 12.5. The minimum Gasteiger partial charge on any atom is -0.367 e. The molecule has 1 saturated heterocycles. The van der Waals surface area contributed by atoms with Crippen molar-refractivity contribution in [2.75, 3.05) is 25.0 Å². The quantitative estimate of drug-likeness (QED) is 0.937. The van der Waals surface area contributed by atoms with E-state index in [1.165, 1.54) is 30.3 Å². The van der Waals surface area contributed by atoms with Crippen LogP contribution in [0.15, 0.2) is 36.4 Å². The number of fused-ring (bicyclic) bond motifs is 1. The number of benzene rings is 2. The average Bonchev–Trinajstić information content (AvgIpc) is 2.55. The van der Waals surface area contributed by atoms with E-state index in [-0.39, 0.29) is 0 Å². The lowest BCUT2D eigenvalue weighted by Gasteiger charge is -2.38. The van der Waals surface area contributed by atoms with E-state index in [2.05, 4.69) is 40.6 Å². The Kier molecular flexibility index (Phi) is 4.08. The van der Waals surface area contributed by atoms with Gasteiger partial charge in [-0.15, -0.1) is 0 Å². The molecule has 0 saturated carbocycles. The highest BCUT2D eigenvalue weighted by molar-refractivity contribution is 5.98. The van der Waals surface area contributed by atoms with Crippen LogP contribution < -0.4 is 10.2 Å². The van der Waals surface area contributed by atoms with Crippen molar-refractivity contribution in [2.24, 2.45) is 0 Å². The van der Waals surface area contributed by atoms with Crippen molar-refractivity contribution in [1.82, 2.24) is 5.32 Å². The van der Waals surface area contributed by atoms with Gasteiger partial charge in [-0.05, 0) is 38.4 Å². The molecule has 1 fully saturated rings. The van der Waals surface area contributed by atoms with Crippen LogP contribution in [0.2, 0.25) is 0 Å². The molecule has 1 unspecified atom stereocenters. The van der Waals surface area contributed by atoms with Gasteiger partial charge in [0.15, 0.2) is 0 Å². The van der Waals surface area contributed by atoms with Gasteiger partial charge in [-0.25, -0.2) is 0 Å². The van der Waals surface area contributed by atoms with Crippen molar-refractivity contribution < 1.29 is 0 Å². The molecule has 1 heterocycles. The maximum Gasteiger partial charge on any atom is 0.0998 e. The summed E-state index contributed by atoms with van der Waals surface area (Å²) in [6, 6.07) is 15.2. The number of hydrogen-bond donors (Lipinski definition) is 1. The lowest BCUT2D eigenvalue weighted by molar-refractivity contribution is 0.447. The zero-order valence-electron chi connectivity index (χ0n) is 12.5. The monoisotopic (exact) mass is 279 g/mol. The molecule has 108 valence electrons. The van der Waals surface area contributed by atoms with Crippen LogP contribution in [0, 0.1) is 11.3 Å². The summed E-state index contributed by atoms with van der Waals surface area (Å²) in [7, 11) is 2.02. The summed E-state index contributed by atoms with van der Waals surface area (Å²) >= 11 is 0. The second-order valence-corrected chi connectivity index (χ2v) is 5.69. The summed E-state index contributed by atoms with van der Waals surface area (Å²) in [5.41, 5.74) is 2.03. The summed E-state index contributed by atoms with van der Waals surface area (Å²) in [6.07, 6.45) is 3.78.